The summed E-state index contributed by atoms with van der Waals surface area (Å²) in [5.74, 6) is 0. The lowest BCUT2D eigenvalue weighted by atomic mass is 9.77. The van der Waals surface area contributed by atoms with Gasteiger partial charge in [-0.05, 0) is 52.1 Å². The van der Waals surface area contributed by atoms with Gasteiger partial charge in [0, 0.05) is 0 Å². The normalized spacial score (nSPS) is 12.1. The molecule has 24 heavy (non-hydrogen) atoms. The molecule has 0 heterocycles. The van der Waals surface area contributed by atoms with Crippen molar-refractivity contribution >= 4 is 23.2 Å². The molecule has 2 aromatic carbocycles. The molecule has 0 saturated heterocycles. The molecule has 0 unspecified atom stereocenters. The Morgan fingerprint density at radius 2 is 1.58 bits per heavy atom. The zero-order valence-electron chi connectivity index (χ0n) is 14.9. The lowest BCUT2D eigenvalue weighted by Gasteiger charge is -2.27. The SMILES string of the molecule is CC(C)(C)c1cc(CC(C)(C)c2ccc(Cl)c(Cl)c2)ccc1C#N. The number of hydrogen-bond acceptors (Lipinski definition) is 1. The van der Waals surface area contributed by atoms with Crippen molar-refractivity contribution in [1.82, 2.24) is 0 Å². The second-order valence-electron chi connectivity index (χ2n) is 7.93. The first-order chi connectivity index (χ1) is 11.0. The molecular weight excluding hydrogens is 337 g/mol. The molecule has 0 fully saturated rings. The Morgan fingerprint density at radius 3 is 2.12 bits per heavy atom. The summed E-state index contributed by atoms with van der Waals surface area (Å²) in [6.45, 7) is 10.8. The van der Waals surface area contributed by atoms with E-state index in [1.807, 2.05) is 30.3 Å². The number of benzene rings is 2. The summed E-state index contributed by atoms with van der Waals surface area (Å²) in [7, 11) is 0. The first kappa shape index (κ1) is 18.8. The highest BCUT2D eigenvalue weighted by Gasteiger charge is 2.24. The maximum Gasteiger partial charge on any atom is 0.0994 e. The van der Waals surface area contributed by atoms with Crippen molar-refractivity contribution in [3.63, 3.8) is 0 Å². The van der Waals surface area contributed by atoms with Gasteiger partial charge in [-0.1, -0.05) is 76.0 Å². The molecule has 0 aliphatic heterocycles. The van der Waals surface area contributed by atoms with E-state index in [4.69, 9.17) is 23.2 Å². The monoisotopic (exact) mass is 359 g/mol. The van der Waals surface area contributed by atoms with E-state index in [0.29, 0.717) is 10.0 Å². The molecule has 0 aliphatic rings. The van der Waals surface area contributed by atoms with Gasteiger partial charge in [0.25, 0.3) is 0 Å². The van der Waals surface area contributed by atoms with E-state index in [1.54, 1.807) is 0 Å². The van der Waals surface area contributed by atoms with E-state index in [9.17, 15) is 5.26 Å². The van der Waals surface area contributed by atoms with Gasteiger partial charge in [-0.15, -0.1) is 0 Å². The zero-order chi connectivity index (χ0) is 18.1. The molecule has 0 amide bonds. The fraction of sp³-hybridized carbons (Fsp3) is 0.381. The summed E-state index contributed by atoms with van der Waals surface area (Å²) >= 11 is 12.2. The van der Waals surface area contributed by atoms with Gasteiger partial charge in [-0.25, -0.2) is 0 Å². The molecule has 0 atom stereocenters. The van der Waals surface area contributed by atoms with Gasteiger partial charge in [0.05, 0.1) is 21.7 Å². The van der Waals surface area contributed by atoms with Crippen molar-refractivity contribution in [2.75, 3.05) is 0 Å². The molecule has 126 valence electrons. The molecule has 3 heteroatoms. The number of halogens is 2. The van der Waals surface area contributed by atoms with E-state index < -0.39 is 0 Å². The molecule has 0 aliphatic carbocycles. The van der Waals surface area contributed by atoms with Crippen molar-refractivity contribution in [1.29, 1.82) is 5.26 Å². The van der Waals surface area contributed by atoms with Gasteiger partial charge in [0.2, 0.25) is 0 Å². The lowest BCUT2D eigenvalue weighted by Crippen LogP contribution is -2.21. The van der Waals surface area contributed by atoms with Crippen LogP contribution in [0, 0.1) is 11.3 Å². The minimum absolute atomic E-state index is 0.0607. The number of nitriles is 1. The smallest absolute Gasteiger partial charge is 0.0994 e. The van der Waals surface area contributed by atoms with Gasteiger partial charge in [0.15, 0.2) is 0 Å². The van der Waals surface area contributed by atoms with Crippen LogP contribution in [0.1, 0.15) is 56.9 Å². The highest BCUT2D eigenvalue weighted by molar-refractivity contribution is 6.42. The first-order valence-corrected chi connectivity index (χ1v) is 8.79. The predicted octanol–water partition coefficient (Wildman–Crippen LogP) is 6.68. The quantitative estimate of drug-likeness (QED) is 0.599. The molecule has 2 rings (SSSR count). The topological polar surface area (TPSA) is 23.8 Å². The van der Waals surface area contributed by atoms with Crippen molar-refractivity contribution in [3.8, 4) is 6.07 Å². The minimum Gasteiger partial charge on any atom is -0.192 e. The van der Waals surface area contributed by atoms with Crippen LogP contribution in [0.4, 0.5) is 0 Å². The number of hydrogen-bond donors (Lipinski definition) is 0. The molecule has 1 nitrogen and oxygen atoms in total. The van der Waals surface area contributed by atoms with Crippen LogP contribution in [0.25, 0.3) is 0 Å². The van der Waals surface area contributed by atoms with Crippen LogP contribution in [0.15, 0.2) is 36.4 Å². The third kappa shape index (κ3) is 4.12. The summed E-state index contributed by atoms with van der Waals surface area (Å²) in [4.78, 5) is 0. The molecule has 0 spiro atoms. The fourth-order valence-corrected chi connectivity index (χ4v) is 3.25. The molecule has 0 aromatic heterocycles. The highest BCUT2D eigenvalue weighted by atomic mass is 35.5. The maximum absolute atomic E-state index is 9.36. The summed E-state index contributed by atoms with van der Waals surface area (Å²) in [5, 5.41) is 10.5. The third-order valence-electron chi connectivity index (χ3n) is 4.36. The zero-order valence-corrected chi connectivity index (χ0v) is 16.4. The van der Waals surface area contributed by atoms with E-state index in [0.717, 1.165) is 23.1 Å². The standard InChI is InChI=1S/C21H23Cl2N/c1-20(2,3)17-10-14(6-7-15(17)13-24)12-21(4,5)16-8-9-18(22)19(23)11-16/h6-11H,12H2,1-5H3. The average Bonchev–Trinajstić information content (AvgIpc) is 2.48. The average molecular weight is 360 g/mol. The van der Waals surface area contributed by atoms with Gasteiger partial charge in [-0.2, -0.15) is 5.26 Å². The molecule has 0 bridgehead atoms. The second kappa shape index (κ2) is 6.79. The van der Waals surface area contributed by atoms with Crippen LogP contribution in [0.2, 0.25) is 10.0 Å². The van der Waals surface area contributed by atoms with Gasteiger partial charge in [0.1, 0.15) is 0 Å². The third-order valence-corrected chi connectivity index (χ3v) is 5.10. The van der Waals surface area contributed by atoms with Crippen molar-refractivity contribution in [3.05, 3.63) is 68.7 Å². The minimum atomic E-state index is -0.0858. The van der Waals surface area contributed by atoms with Crippen LogP contribution < -0.4 is 0 Å². The van der Waals surface area contributed by atoms with E-state index in [-0.39, 0.29) is 10.8 Å². The summed E-state index contributed by atoms with van der Waals surface area (Å²) in [5.41, 5.74) is 4.06. The Kier molecular flexibility index (Phi) is 5.33. The fourth-order valence-electron chi connectivity index (χ4n) is 2.95. The highest BCUT2D eigenvalue weighted by Crippen LogP contribution is 2.34. The Balaban J connectivity index is 2.39. The predicted molar refractivity (Wildman–Crippen MR) is 103 cm³/mol. The number of nitrogens with zero attached hydrogens (tertiary/aromatic N) is 1. The van der Waals surface area contributed by atoms with Crippen LogP contribution in [0.3, 0.4) is 0 Å². The van der Waals surface area contributed by atoms with Crippen molar-refractivity contribution in [2.24, 2.45) is 0 Å². The summed E-state index contributed by atoms with van der Waals surface area (Å²) in [6.07, 6.45) is 0.861. The van der Waals surface area contributed by atoms with E-state index >= 15 is 0 Å². The summed E-state index contributed by atoms with van der Waals surface area (Å²) in [6, 6.07) is 14.3. The largest absolute Gasteiger partial charge is 0.192 e. The molecular formula is C21H23Cl2N. The molecule has 2 aromatic rings. The molecule has 0 radical (unpaired) electrons. The van der Waals surface area contributed by atoms with Crippen LogP contribution in [0.5, 0.6) is 0 Å². The molecule has 0 N–H and O–H groups in total. The van der Waals surface area contributed by atoms with E-state index in [2.05, 4.69) is 46.8 Å². The van der Waals surface area contributed by atoms with Gasteiger partial charge >= 0.3 is 0 Å². The van der Waals surface area contributed by atoms with Crippen molar-refractivity contribution in [2.45, 2.75) is 51.9 Å². The maximum atomic E-state index is 9.36. The van der Waals surface area contributed by atoms with Crippen molar-refractivity contribution < 1.29 is 0 Å². The Morgan fingerprint density at radius 1 is 0.917 bits per heavy atom. The van der Waals surface area contributed by atoms with E-state index in [1.165, 1.54) is 5.56 Å². The first-order valence-electron chi connectivity index (χ1n) is 8.03. The summed E-state index contributed by atoms with van der Waals surface area (Å²) < 4.78 is 0. The van der Waals surface area contributed by atoms with Crippen LogP contribution >= 0.6 is 23.2 Å². The number of rotatable bonds is 3. The van der Waals surface area contributed by atoms with Crippen LogP contribution in [-0.4, -0.2) is 0 Å². The Bertz CT molecular complexity index is 792. The Labute approximate surface area is 155 Å². The Hall–Kier alpha value is -1.49. The lowest BCUT2D eigenvalue weighted by molar-refractivity contribution is 0.520. The van der Waals surface area contributed by atoms with Gasteiger partial charge < -0.3 is 0 Å². The van der Waals surface area contributed by atoms with Gasteiger partial charge in [-0.3, -0.25) is 0 Å². The second-order valence-corrected chi connectivity index (χ2v) is 8.75. The van der Waals surface area contributed by atoms with Crippen LogP contribution in [-0.2, 0) is 17.3 Å². The molecule has 0 saturated carbocycles.